The molecule has 1 N–H and O–H groups in total. The molecule has 0 aliphatic rings. The molecule has 0 saturated heterocycles. The molecule has 0 aliphatic carbocycles. The molecule has 3 nitrogen and oxygen atoms in total. The zero-order chi connectivity index (χ0) is 11.0. The van der Waals surface area contributed by atoms with Crippen molar-refractivity contribution in [3.05, 3.63) is 0 Å². The number of methoxy groups -OCH3 is 1. The van der Waals surface area contributed by atoms with Crippen molar-refractivity contribution in [3.8, 4) is 0 Å². The van der Waals surface area contributed by atoms with Crippen LogP contribution in [0.1, 0.15) is 27.7 Å². The van der Waals surface area contributed by atoms with Crippen LogP contribution in [0.4, 0.5) is 0 Å². The molecular formula is C11H25NO2. The Labute approximate surface area is 88.2 Å². The van der Waals surface area contributed by atoms with E-state index < -0.39 is 0 Å². The van der Waals surface area contributed by atoms with Crippen LogP contribution in [0.5, 0.6) is 0 Å². The summed E-state index contributed by atoms with van der Waals surface area (Å²) in [6, 6.07) is 0.516. The molecule has 0 radical (unpaired) electrons. The maximum atomic E-state index is 5.71. The summed E-state index contributed by atoms with van der Waals surface area (Å²) in [7, 11) is 1.69. The van der Waals surface area contributed by atoms with Gasteiger partial charge in [-0.1, -0.05) is 27.7 Å². The van der Waals surface area contributed by atoms with Gasteiger partial charge in [-0.3, -0.25) is 0 Å². The molecule has 86 valence electrons. The standard InChI is InChI=1S/C11H25NO2/c1-9(2)11(8-12-10(3)4)14-7-6-13-5/h9-12H,6-8H2,1-5H3. The Hall–Kier alpha value is -0.120. The average Bonchev–Trinajstić information content (AvgIpc) is 2.10. The van der Waals surface area contributed by atoms with Gasteiger partial charge in [-0.15, -0.1) is 0 Å². The predicted molar refractivity (Wildman–Crippen MR) is 59.6 cm³/mol. The van der Waals surface area contributed by atoms with Crippen LogP contribution < -0.4 is 5.32 Å². The van der Waals surface area contributed by atoms with Crippen molar-refractivity contribution < 1.29 is 9.47 Å². The van der Waals surface area contributed by atoms with E-state index in [9.17, 15) is 0 Å². The van der Waals surface area contributed by atoms with E-state index in [1.807, 2.05) is 0 Å². The maximum absolute atomic E-state index is 5.71. The highest BCUT2D eigenvalue weighted by molar-refractivity contribution is 4.67. The Kier molecular flexibility index (Phi) is 8.14. The topological polar surface area (TPSA) is 30.5 Å². The van der Waals surface area contributed by atoms with Crippen LogP contribution in [0, 0.1) is 5.92 Å². The van der Waals surface area contributed by atoms with Crippen molar-refractivity contribution in [1.82, 2.24) is 5.32 Å². The van der Waals surface area contributed by atoms with Gasteiger partial charge in [0.05, 0.1) is 19.3 Å². The highest BCUT2D eigenvalue weighted by atomic mass is 16.5. The van der Waals surface area contributed by atoms with Crippen LogP contribution >= 0.6 is 0 Å². The largest absolute Gasteiger partial charge is 0.382 e. The zero-order valence-corrected chi connectivity index (χ0v) is 10.2. The van der Waals surface area contributed by atoms with E-state index in [0.717, 1.165) is 6.54 Å². The Morgan fingerprint density at radius 1 is 1.07 bits per heavy atom. The van der Waals surface area contributed by atoms with E-state index in [1.165, 1.54) is 0 Å². The molecule has 0 fully saturated rings. The lowest BCUT2D eigenvalue weighted by Crippen LogP contribution is -2.37. The van der Waals surface area contributed by atoms with Gasteiger partial charge in [0.15, 0.2) is 0 Å². The second kappa shape index (κ2) is 8.21. The molecule has 0 aromatic rings. The third-order valence-corrected chi connectivity index (χ3v) is 2.09. The average molecular weight is 203 g/mol. The second-order valence-corrected chi connectivity index (χ2v) is 4.21. The van der Waals surface area contributed by atoms with Crippen LogP contribution in [-0.2, 0) is 9.47 Å². The van der Waals surface area contributed by atoms with Gasteiger partial charge in [-0.2, -0.15) is 0 Å². The van der Waals surface area contributed by atoms with Crippen LogP contribution in [0.3, 0.4) is 0 Å². The fraction of sp³-hybridized carbons (Fsp3) is 1.00. The first-order chi connectivity index (χ1) is 6.57. The fourth-order valence-electron chi connectivity index (χ4n) is 1.12. The summed E-state index contributed by atoms with van der Waals surface area (Å²) in [6.45, 7) is 10.9. The third-order valence-electron chi connectivity index (χ3n) is 2.09. The van der Waals surface area contributed by atoms with Gasteiger partial charge >= 0.3 is 0 Å². The molecule has 0 heterocycles. The number of rotatable bonds is 8. The molecule has 0 amide bonds. The summed E-state index contributed by atoms with van der Waals surface area (Å²) in [6.07, 6.45) is 0.285. The van der Waals surface area contributed by atoms with Crippen molar-refractivity contribution in [2.24, 2.45) is 5.92 Å². The normalized spacial score (nSPS) is 13.9. The van der Waals surface area contributed by atoms with Crippen LogP contribution in [0.25, 0.3) is 0 Å². The van der Waals surface area contributed by atoms with Crippen LogP contribution in [-0.4, -0.2) is 39.0 Å². The molecule has 0 aromatic carbocycles. The maximum Gasteiger partial charge on any atom is 0.0723 e. The first-order valence-corrected chi connectivity index (χ1v) is 5.41. The minimum absolute atomic E-state index is 0.285. The predicted octanol–water partition coefficient (Wildman–Crippen LogP) is 1.67. The van der Waals surface area contributed by atoms with Crippen molar-refractivity contribution in [2.45, 2.75) is 39.8 Å². The Balaban J connectivity index is 3.66. The summed E-state index contributed by atoms with van der Waals surface area (Å²) in [5.74, 6) is 0.540. The van der Waals surface area contributed by atoms with Gasteiger partial charge in [0.1, 0.15) is 0 Å². The molecule has 0 spiro atoms. The second-order valence-electron chi connectivity index (χ2n) is 4.21. The third kappa shape index (κ3) is 7.30. The lowest BCUT2D eigenvalue weighted by atomic mass is 10.1. The van der Waals surface area contributed by atoms with Crippen LogP contribution in [0.2, 0.25) is 0 Å². The molecule has 0 aliphatic heterocycles. The fourth-order valence-corrected chi connectivity index (χ4v) is 1.12. The van der Waals surface area contributed by atoms with E-state index in [0.29, 0.717) is 25.2 Å². The number of hydrogen-bond donors (Lipinski definition) is 1. The van der Waals surface area contributed by atoms with Gasteiger partial charge in [0.25, 0.3) is 0 Å². The Morgan fingerprint density at radius 3 is 2.14 bits per heavy atom. The SMILES string of the molecule is COCCOC(CNC(C)C)C(C)C. The van der Waals surface area contributed by atoms with Crippen LogP contribution in [0.15, 0.2) is 0 Å². The monoisotopic (exact) mass is 203 g/mol. The van der Waals surface area contributed by atoms with Crippen molar-refractivity contribution >= 4 is 0 Å². The summed E-state index contributed by atoms with van der Waals surface area (Å²) in [4.78, 5) is 0. The lowest BCUT2D eigenvalue weighted by molar-refractivity contribution is -0.00540. The molecule has 3 heteroatoms. The van der Waals surface area contributed by atoms with Gasteiger partial charge in [-0.25, -0.2) is 0 Å². The quantitative estimate of drug-likeness (QED) is 0.609. The molecule has 14 heavy (non-hydrogen) atoms. The summed E-state index contributed by atoms with van der Waals surface area (Å²) in [5, 5.41) is 3.39. The molecule has 1 unspecified atom stereocenters. The summed E-state index contributed by atoms with van der Waals surface area (Å²) in [5.41, 5.74) is 0. The van der Waals surface area contributed by atoms with E-state index in [4.69, 9.17) is 9.47 Å². The molecule has 0 aromatic heterocycles. The van der Waals surface area contributed by atoms with Gasteiger partial charge < -0.3 is 14.8 Å². The minimum atomic E-state index is 0.285. The molecule has 0 saturated carbocycles. The minimum Gasteiger partial charge on any atom is -0.382 e. The Morgan fingerprint density at radius 2 is 1.71 bits per heavy atom. The highest BCUT2D eigenvalue weighted by Gasteiger charge is 2.13. The zero-order valence-electron chi connectivity index (χ0n) is 10.2. The van der Waals surface area contributed by atoms with Crippen molar-refractivity contribution in [1.29, 1.82) is 0 Å². The summed E-state index contributed by atoms with van der Waals surface area (Å²) < 4.78 is 10.7. The van der Waals surface area contributed by atoms with Crippen molar-refractivity contribution in [2.75, 3.05) is 26.9 Å². The van der Waals surface area contributed by atoms with Gasteiger partial charge in [0.2, 0.25) is 0 Å². The first kappa shape index (κ1) is 13.9. The van der Waals surface area contributed by atoms with E-state index >= 15 is 0 Å². The molecule has 0 bridgehead atoms. The number of nitrogens with one attached hydrogen (secondary N) is 1. The van der Waals surface area contributed by atoms with Gasteiger partial charge in [0, 0.05) is 19.7 Å². The highest BCUT2D eigenvalue weighted by Crippen LogP contribution is 2.05. The first-order valence-electron chi connectivity index (χ1n) is 5.41. The van der Waals surface area contributed by atoms with Crippen molar-refractivity contribution in [3.63, 3.8) is 0 Å². The lowest BCUT2D eigenvalue weighted by Gasteiger charge is -2.23. The number of hydrogen-bond acceptors (Lipinski definition) is 3. The number of ether oxygens (including phenoxy) is 2. The Bertz CT molecular complexity index is 126. The van der Waals surface area contributed by atoms with E-state index in [2.05, 4.69) is 33.0 Å². The van der Waals surface area contributed by atoms with Gasteiger partial charge in [-0.05, 0) is 5.92 Å². The smallest absolute Gasteiger partial charge is 0.0723 e. The molecular weight excluding hydrogens is 178 g/mol. The molecule has 0 rings (SSSR count). The van der Waals surface area contributed by atoms with E-state index in [-0.39, 0.29) is 6.10 Å². The summed E-state index contributed by atoms with van der Waals surface area (Å²) >= 11 is 0. The molecule has 1 atom stereocenters. The van der Waals surface area contributed by atoms with E-state index in [1.54, 1.807) is 7.11 Å².